The van der Waals surface area contributed by atoms with E-state index in [1.807, 2.05) is 48.5 Å². The second-order valence-electron chi connectivity index (χ2n) is 14.5. The number of ketones is 1. The number of amides is 2. The fourth-order valence-electron chi connectivity index (χ4n) is 7.07. The molecule has 2 aliphatic rings. The zero-order valence-corrected chi connectivity index (χ0v) is 32.0. The number of hydrogen-bond donors (Lipinski definition) is 2. The molecule has 3 aromatic rings. The van der Waals surface area contributed by atoms with Crippen molar-refractivity contribution in [3.63, 3.8) is 0 Å². The molecule has 55 heavy (non-hydrogen) atoms. The topological polar surface area (TPSA) is 173 Å². The number of aldehydes is 1. The summed E-state index contributed by atoms with van der Waals surface area (Å²) in [5.41, 5.74) is 4.76. The first-order valence-electron chi connectivity index (χ1n) is 18.3. The van der Waals surface area contributed by atoms with Crippen LogP contribution < -0.4 is 15.4 Å². The van der Waals surface area contributed by atoms with Crippen LogP contribution in [0.25, 0.3) is 11.1 Å². The lowest BCUT2D eigenvalue weighted by atomic mass is 9.84. The highest BCUT2D eigenvalue weighted by molar-refractivity contribution is 5.98. The van der Waals surface area contributed by atoms with Crippen molar-refractivity contribution in [3.8, 4) is 16.9 Å². The summed E-state index contributed by atoms with van der Waals surface area (Å²) in [5.74, 6) is -4.28. The molecule has 13 heteroatoms. The molecule has 2 N–H and O–H groups in total. The maximum Gasteiger partial charge on any atom is 0.407 e. The molecule has 1 saturated heterocycles. The van der Waals surface area contributed by atoms with E-state index in [4.69, 9.17) is 23.7 Å². The second kappa shape index (κ2) is 17.7. The molecule has 3 aromatic carbocycles. The number of methoxy groups -OCH3 is 1. The number of nitrogens with one attached hydrogen (secondary N) is 2. The van der Waals surface area contributed by atoms with E-state index in [2.05, 4.69) is 10.6 Å². The van der Waals surface area contributed by atoms with E-state index in [0.717, 1.165) is 22.3 Å². The quantitative estimate of drug-likeness (QED) is 0.111. The minimum absolute atomic E-state index is 0.0760. The molecule has 0 bridgehead atoms. The molecule has 2 amide bonds. The van der Waals surface area contributed by atoms with Gasteiger partial charge in [-0.3, -0.25) is 19.2 Å². The lowest BCUT2D eigenvalue weighted by Crippen LogP contribution is -2.55. The Labute approximate surface area is 320 Å². The molecular weight excluding hydrogens is 708 g/mol. The molecule has 292 valence electrons. The van der Waals surface area contributed by atoms with E-state index >= 15 is 0 Å². The second-order valence-corrected chi connectivity index (χ2v) is 14.5. The Bertz CT molecular complexity index is 1880. The molecule has 1 aliphatic heterocycles. The molecule has 7 atom stereocenters. The molecule has 0 saturated carbocycles. The van der Waals surface area contributed by atoms with E-state index in [1.165, 1.54) is 32.2 Å². The molecular formula is C42H48N2O11. The fourth-order valence-corrected chi connectivity index (χ4v) is 7.07. The summed E-state index contributed by atoms with van der Waals surface area (Å²) < 4.78 is 28.1. The largest absolute Gasteiger partial charge is 0.467 e. The average molecular weight is 757 g/mol. The monoisotopic (exact) mass is 756 g/mol. The smallest absolute Gasteiger partial charge is 0.407 e. The van der Waals surface area contributed by atoms with Crippen molar-refractivity contribution in [2.75, 3.05) is 19.0 Å². The van der Waals surface area contributed by atoms with Crippen molar-refractivity contribution < 1.29 is 52.5 Å². The molecule has 0 aromatic heterocycles. The number of carbonyl (C=O) groups is 6. The Morgan fingerprint density at radius 1 is 0.891 bits per heavy atom. The van der Waals surface area contributed by atoms with Crippen molar-refractivity contribution in [3.05, 3.63) is 83.4 Å². The standard InChI is InChI=1S/C42H48N2O11/c1-22(2)36(44-42(50)52-21-32-30-14-10-8-12-28(30)29-13-9-11-15-31(29)32)34(47)18-23(3)39(48)43-33-17-16-27(20-45)19-35(33)54-41-25(5)24(4)37(53-26(6)46)38(55-41)40(49)51-7/h8-17,19-20,22-25,32,36-38,41H,18,21H2,1-7H3,(H,43,48)(H,44,50)/t23-,24-,25-,36+,37+,38+,41-/m1/s1. The van der Waals surface area contributed by atoms with Crippen LogP contribution in [0.1, 0.15) is 75.4 Å². The number of alkyl carbamates (subject to hydrolysis) is 1. The van der Waals surface area contributed by atoms with Gasteiger partial charge in [-0.15, -0.1) is 0 Å². The Kier molecular flexibility index (Phi) is 13.1. The third kappa shape index (κ3) is 9.22. The number of fused-ring (bicyclic) bond motifs is 3. The van der Waals surface area contributed by atoms with Gasteiger partial charge < -0.3 is 34.3 Å². The van der Waals surface area contributed by atoms with Gasteiger partial charge in [0.1, 0.15) is 24.7 Å². The summed E-state index contributed by atoms with van der Waals surface area (Å²) in [6.45, 7) is 10.1. The summed E-state index contributed by atoms with van der Waals surface area (Å²) >= 11 is 0. The van der Waals surface area contributed by atoms with Gasteiger partial charge in [0.15, 0.2) is 11.9 Å². The van der Waals surface area contributed by atoms with Crippen molar-refractivity contribution in [2.24, 2.45) is 23.7 Å². The zero-order chi connectivity index (χ0) is 40.0. The van der Waals surface area contributed by atoms with Crippen LogP contribution in [0.5, 0.6) is 5.75 Å². The number of carbonyl (C=O) groups excluding carboxylic acids is 6. The SMILES string of the molecule is COC(=O)[C@H]1O[C@@H](Oc2cc(C=O)ccc2NC(=O)[C@H](C)CC(=O)[C@@H](NC(=O)OCC2c3ccccc3-c3ccccc32)C(C)C)[C@H](C)[C@@H](C)[C@@H]1OC(C)=O. The van der Waals surface area contributed by atoms with Crippen LogP contribution in [-0.4, -0.2) is 74.3 Å². The van der Waals surface area contributed by atoms with Crippen LogP contribution in [0.2, 0.25) is 0 Å². The van der Waals surface area contributed by atoms with Crippen molar-refractivity contribution in [2.45, 2.75) is 78.4 Å². The molecule has 13 nitrogen and oxygen atoms in total. The lowest BCUT2D eigenvalue weighted by Gasteiger charge is -2.42. The summed E-state index contributed by atoms with van der Waals surface area (Å²) in [6.07, 6.45) is -3.62. The van der Waals surface area contributed by atoms with Gasteiger partial charge in [-0.05, 0) is 46.4 Å². The normalized spacial score (nSPS) is 21.3. The van der Waals surface area contributed by atoms with Crippen LogP contribution in [0.15, 0.2) is 66.7 Å². The van der Waals surface area contributed by atoms with Crippen molar-refractivity contribution in [1.82, 2.24) is 5.32 Å². The number of Topliss-reactive ketones (excluding diaryl/α,β-unsaturated/α-hetero) is 1. The summed E-state index contributed by atoms with van der Waals surface area (Å²) in [5, 5.41) is 5.49. The molecule has 1 fully saturated rings. The maximum absolute atomic E-state index is 13.6. The maximum atomic E-state index is 13.6. The highest BCUT2D eigenvalue weighted by atomic mass is 16.7. The highest BCUT2D eigenvalue weighted by Gasteiger charge is 2.48. The minimum Gasteiger partial charge on any atom is -0.467 e. The Hall–Kier alpha value is -5.56. The average Bonchev–Trinajstić information content (AvgIpc) is 3.49. The highest BCUT2D eigenvalue weighted by Crippen LogP contribution is 2.44. The lowest BCUT2D eigenvalue weighted by molar-refractivity contribution is -0.243. The summed E-state index contributed by atoms with van der Waals surface area (Å²) in [7, 11) is 1.18. The van der Waals surface area contributed by atoms with E-state index in [1.54, 1.807) is 34.6 Å². The van der Waals surface area contributed by atoms with Gasteiger partial charge in [-0.2, -0.15) is 0 Å². The number of esters is 2. The van der Waals surface area contributed by atoms with Crippen LogP contribution in [0.4, 0.5) is 10.5 Å². The first-order valence-corrected chi connectivity index (χ1v) is 18.3. The third-order valence-electron chi connectivity index (χ3n) is 10.3. The van der Waals surface area contributed by atoms with Gasteiger partial charge >= 0.3 is 18.0 Å². The Morgan fingerprint density at radius 3 is 2.11 bits per heavy atom. The minimum atomic E-state index is -1.29. The summed E-state index contributed by atoms with van der Waals surface area (Å²) in [6, 6.07) is 19.5. The molecule has 1 aliphatic carbocycles. The predicted octanol–water partition coefficient (Wildman–Crippen LogP) is 6.08. The van der Waals surface area contributed by atoms with Gasteiger partial charge in [-0.25, -0.2) is 9.59 Å². The van der Waals surface area contributed by atoms with E-state index in [-0.39, 0.29) is 47.6 Å². The number of anilines is 1. The van der Waals surface area contributed by atoms with Crippen LogP contribution in [0, 0.1) is 23.7 Å². The van der Waals surface area contributed by atoms with E-state index in [0.29, 0.717) is 6.29 Å². The van der Waals surface area contributed by atoms with Gasteiger partial charge in [0.2, 0.25) is 12.2 Å². The summed E-state index contributed by atoms with van der Waals surface area (Å²) in [4.78, 5) is 76.3. The van der Waals surface area contributed by atoms with Crippen LogP contribution >= 0.6 is 0 Å². The van der Waals surface area contributed by atoms with Crippen LogP contribution in [0.3, 0.4) is 0 Å². The first kappa shape index (κ1) is 40.6. The van der Waals surface area contributed by atoms with Gasteiger partial charge in [0.05, 0.1) is 18.8 Å². The first-order chi connectivity index (χ1) is 26.2. The van der Waals surface area contributed by atoms with E-state index in [9.17, 15) is 28.8 Å². The van der Waals surface area contributed by atoms with Crippen molar-refractivity contribution >= 4 is 41.7 Å². The number of rotatable bonds is 14. The van der Waals surface area contributed by atoms with E-state index < -0.39 is 66.2 Å². The predicted molar refractivity (Wildman–Crippen MR) is 201 cm³/mol. The number of ether oxygens (including phenoxy) is 5. The van der Waals surface area contributed by atoms with Crippen LogP contribution in [-0.2, 0) is 38.1 Å². The molecule has 5 rings (SSSR count). The van der Waals surface area contributed by atoms with Crippen molar-refractivity contribution in [1.29, 1.82) is 0 Å². The Balaban J connectivity index is 1.22. The van der Waals surface area contributed by atoms with Gasteiger partial charge in [-0.1, -0.05) is 83.1 Å². The molecule has 0 spiro atoms. The zero-order valence-electron chi connectivity index (χ0n) is 32.0. The fraction of sp³-hybridized carbons (Fsp3) is 0.429. The number of hydrogen-bond acceptors (Lipinski definition) is 11. The molecule has 0 radical (unpaired) electrons. The van der Waals surface area contributed by atoms with Gasteiger partial charge in [0, 0.05) is 42.6 Å². The Morgan fingerprint density at radius 2 is 1.53 bits per heavy atom. The van der Waals surface area contributed by atoms with Gasteiger partial charge in [0.25, 0.3) is 0 Å². The molecule has 1 heterocycles. The number of benzene rings is 3. The third-order valence-corrected chi connectivity index (χ3v) is 10.3. The molecule has 0 unspecified atom stereocenters.